The highest BCUT2D eigenvalue weighted by Crippen LogP contribution is 2.34. The number of hydrogen-bond acceptors (Lipinski definition) is 6. The van der Waals surface area contributed by atoms with Crippen molar-refractivity contribution in [2.75, 3.05) is 19.1 Å². The minimum atomic E-state index is -1.11. The van der Waals surface area contributed by atoms with Crippen molar-refractivity contribution in [2.24, 2.45) is 0 Å². The van der Waals surface area contributed by atoms with Crippen LogP contribution in [0.2, 0.25) is 0 Å². The van der Waals surface area contributed by atoms with Crippen molar-refractivity contribution < 1.29 is 24.3 Å². The maximum absolute atomic E-state index is 11.0. The first kappa shape index (κ1) is 16.0. The second kappa shape index (κ2) is 6.60. The van der Waals surface area contributed by atoms with Gasteiger partial charge in [0, 0.05) is 25.2 Å². The predicted octanol–water partition coefficient (Wildman–Crippen LogP) is 2.90. The van der Waals surface area contributed by atoms with Crippen molar-refractivity contribution in [1.82, 2.24) is 4.98 Å². The zero-order valence-electron chi connectivity index (χ0n) is 12.3. The summed E-state index contributed by atoms with van der Waals surface area (Å²) in [6.07, 6.45) is -0.0354. The van der Waals surface area contributed by atoms with Crippen LogP contribution >= 0.6 is 0 Å². The lowest BCUT2D eigenvalue weighted by Gasteiger charge is -2.16. The largest absolute Gasteiger partial charge is 0.493 e. The van der Waals surface area contributed by atoms with Crippen LogP contribution in [0.3, 0.4) is 0 Å². The van der Waals surface area contributed by atoms with E-state index in [1.807, 2.05) is 0 Å². The molecule has 9 heteroatoms. The van der Waals surface area contributed by atoms with E-state index in [0.717, 1.165) is 11.1 Å². The molecule has 0 atom stereocenters. The summed E-state index contributed by atoms with van der Waals surface area (Å²) in [4.78, 5) is 25.8. The predicted molar refractivity (Wildman–Crippen MR) is 80.4 cm³/mol. The van der Waals surface area contributed by atoms with Crippen LogP contribution in [-0.2, 0) is 0 Å². The van der Waals surface area contributed by atoms with Gasteiger partial charge in [-0.05, 0) is 12.1 Å². The summed E-state index contributed by atoms with van der Waals surface area (Å²) in [5.74, 6) is 0.750. The van der Waals surface area contributed by atoms with Gasteiger partial charge in [0.05, 0.1) is 17.7 Å². The van der Waals surface area contributed by atoms with Crippen molar-refractivity contribution in [3.63, 3.8) is 0 Å². The van der Waals surface area contributed by atoms with Crippen molar-refractivity contribution in [3.8, 4) is 17.4 Å². The first-order valence-electron chi connectivity index (χ1n) is 6.35. The van der Waals surface area contributed by atoms with Crippen molar-refractivity contribution >= 4 is 17.5 Å². The van der Waals surface area contributed by atoms with Gasteiger partial charge >= 0.3 is 6.09 Å². The van der Waals surface area contributed by atoms with Gasteiger partial charge in [0.1, 0.15) is 6.20 Å². The molecule has 0 aliphatic heterocycles. The molecule has 0 saturated heterocycles. The number of hydrogen-bond donors (Lipinski definition) is 1. The van der Waals surface area contributed by atoms with Crippen molar-refractivity contribution in [2.45, 2.75) is 0 Å². The summed E-state index contributed by atoms with van der Waals surface area (Å²) in [6.45, 7) is 0. The summed E-state index contributed by atoms with van der Waals surface area (Å²) in [7, 11) is 2.81. The van der Waals surface area contributed by atoms with Gasteiger partial charge in [0.2, 0.25) is 5.88 Å². The maximum atomic E-state index is 11.0. The number of amides is 1. The quantitative estimate of drug-likeness (QED) is 0.665. The van der Waals surface area contributed by atoms with Crippen molar-refractivity contribution in [3.05, 3.63) is 46.6 Å². The van der Waals surface area contributed by atoms with Crippen LogP contribution in [0.4, 0.5) is 16.2 Å². The van der Waals surface area contributed by atoms with E-state index >= 15 is 0 Å². The van der Waals surface area contributed by atoms with Gasteiger partial charge in [-0.15, -0.1) is 0 Å². The summed E-state index contributed by atoms with van der Waals surface area (Å²) in [5.41, 5.74) is 0.251. The number of methoxy groups -OCH3 is 1. The smallest absolute Gasteiger partial charge is 0.411 e. The Kier molecular flexibility index (Phi) is 4.60. The van der Waals surface area contributed by atoms with Gasteiger partial charge in [-0.3, -0.25) is 15.0 Å². The Morgan fingerprint density at radius 1 is 1.30 bits per heavy atom. The van der Waals surface area contributed by atoms with Crippen LogP contribution < -0.4 is 14.4 Å². The molecule has 2 rings (SSSR count). The third-order valence-corrected chi connectivity index (χ3v) is 2.97. The average molecular weight is 319 g/mol. The second-order valence-electron chi connectivity index (χ2n) is 4.39. The number of nitro groups is 1. The van der Waals surface area contributed by atoms with E-state index in [1.54, 1.807) is 0 Å². The van der Waals surface area contributed by atoms with E-state index in [0.29, 0.717) is 17.2 Å². The fourth-order valence-corrected chi connectivity index (χ4v) is 1.71. The molecular formula is C14H13N3O6. The van der Waals surface area contributed by atoms with Gasteiger partial charge in [-0.1, -0.05) is 0 Å². The molecular weight excluding hydrogens is 306 g/mol. The van der Waals surface area contributed by atoms with E-state index in [-0.39, 0.29) is 11.6 Å². The number of carbonyl (C=O) groups is 1. The first-order valence-corrected chi connectivity index (χ1v) is 6.35. The van der Waals surface area contributed by atoms with Crippen LogP contribution in [0.25, 0.3) is 0 Å². The topological polar surface area (TPSA) is 115 Å². The van der Waals surface area contributed by atoms with Crippen LogP contribution in [0, 0.1) is 10.1 Å². The van der Waals surface area contributed by atoms with E-state index in [1.165, 1.54) is 44.5 Å². The summed E-state index contributed by atoms with van der Waals surface area (Å²) < 4.78 is 10.7. The van der Waals surface area contributed by atoms with Crippen LogP contribution in [0.1, 0.15) is 0 Å². The average Bonchev–Trinajstić information content (AvgIpc) is 2.54. The Bertz CT molecular complexity index is 732. The summed E-state index contributed by atoms with van der Waals surface area (Å²) in [6, 6.07) is 7.18. The highest BCUT2D eigenvalue weighted by molar-refractivity contribution is 5.85. The molecule has 0 aliphatic carbocycles. The maximum Gasteiger partial charge on any atom is 0.411 e. The number of ether oxygens (including phenoxy) is 2. The molecule has 0 spiro atoms. The molecule has 0 saturated carbocycles. The van der Waals surface area contributed by atoms with Crippen LogP contribution in [0.5, 0.6) is 17.4 Å². The van der Waals surface area contributed by atoms with Gasteiger partial charge in [-0.2, -0.15) is 0 Å². The molecule has 9 nitrogen and oxygen atoms in total. The molecule has 0 unspecified atom stereocenters. The van der Waals surface area contributed by atoms with E-state index in [4.69, 9.17) is 14.6 Å². The highest BCUT2D eigenvalue weighted by atomic mass is 16.6. The highest BCUT2D eigenvalue weighted by Gasteiger charge is 2.14. The monoisotopic (exact) mass is 319 g/mol. The molecule has 1 amide bonds. The molecule has 1 aromatic carbocycles. The lowest BCUT2D eigenvalue weighted by atomic mass is 10.2. The summed E-state index contributed by atoms with van der Waals surface area (Å²) in [5, 5.41) is 19.5. The molecule has 1 heterocycles. The normalized spacial score (nSPS) is 10.0. The zero-order valence-corrected chi connectivity index (χ0v) is 12.3. The Hall–Kier alpha value is -3.36. The molecule has 0 radical (unpaired) electrons. The van der Waals surface area contributed by atoms with Gasteiger partial charge < -0.3 is 14.6 Å². The van der Waals surface area contributed by atoms with Gasteiger partial charge in [-0.25, -0.2) is 9.78 Å². The molecule has 0 bridgehead atoms. The molecule has 0 aliphatic rings. The molecule has 23 heavy (non-hydrogen) atoms. The van der Waals surface area contributed by atoms with E-state index < -0.39 is 11.0 Å². The fraction of sp³-hybridized carbons (Fsp3) is 0.143. The SMILES string of the molecule is COc1cc(N(C)C(=O)O)ccc1Oc1ccc([N+](=O)[O-])cn1. The number of benzene rings is 1. The number of carboxylic acid groups (broad SMARTS) is 1. The first-order chi connectivity index (χ1) is 10.9. The minimum Gasteiger partial charge on any atom is -0.493 e. The third-order valence-electron chi connectivity index (χ3n) is 2.97. The molecule has 120 valence electrons. The molecule has 1 aromatic heterocycles. The minimum absolute atomic E-state index is 0.147. The second-order valence-corrected chi connectivity index (χ2v) is 4.39. The van der Waals surface area contributed by atoms with Crippen molar-refractivity contribution in [1.29, 1.82) is 0 Å². The van der Waals surface area contributed by atoms with Gasteiger partial charge in [0.15, 0.2) is 11.5 Å². The number of anilines is 1. The number of pyridine rings is 1. The third kappa shape index (κ3) is 3.64. The Balaban J connectivity index is 2.25. The number of rotatable bonds is 5. The molecule has 0 fully saturated rings. The standard InChI is InChI=1S/C14H13N3O6/c1-16(14(18)19)9-3-5-11(12(7-9)22-2)23-13-6-4-10(8-15-13)17(20)21/h3-8H,1-2H3,(H,18,19). The Labute approximate surface area is 130 Å². The lowest BCUT2D eigenvalue weighted by molar-refractivity contribution is -0.385. The van der Waals surface area contributed by atoms with E-state index in [2.05, 4.69) is 4.98 Å². The van der Waals surface area contributed by atoms with Crippen LogP contribution in [-0.4, -0.2) is 35.3 Å². The number of nitrogens with zero attached hydrogens (tertiary/aromatic N) is 3. The number of aromatic nitrogens is 1. The summed E-state index contributed by atoms with van der Waals surface area (Å²) >= 11 is 0. The Morgan fingerprint density at radius 2 is 2.04 bits per heavy atom. The van der Waals surface area contributed by atoms with Gasteiger partial charge in [0.25, 0.3) is 5.69 Å². The zero-order chi connectivity index (χ0) is 17.0. The molecule has 1 N–H and O–H groups in total. The molecule has 2 aromatic rings. The van der Waals surface area contributed by atoms with Crippen LogP contribution in [0.15, 0.2) is 36.5 Å². The Morgan fingerprint density at radius 3 is 2.57 bits per heavy atom. The lowest BCUT2D eigenvalue weighted by Crippen LogP contribution is -2.23. The van der Waals surface area contributed by atoms with E-state index in [9.17, 15) is 14.9 Å². The fourth-order valence-electron chi connectivity index (χ4n) is 1.71.